The van der Waals surface area contributed by atoms with Crippen molar-refractivity contribution in [3.8, 4) is 5.75 Å². The minimum atomic E-state index is -2.86. The molecule has 0 saturated heterocycles. The Morgan fingerprint density at radius 3 is 2.56 bits per heavy atom. The first-order valence-electron chi connectivity index (χ1n) is 4.12. The Morgan fingerprint density at radius 1 is 1.50 bits per heavy atom. The highest BCUT2D eigenvalue weighted by Gasteiger charge is 2.23. The molecule has 0 aliphatic carbocycles. The molecule has 0 atom stereocenters. The van der Waals surface area contributed by atoms with Crippen LogP contribution in [0.5, 0.6) is 5.75 Å². The van der Waals surface area contributed by atoms with Crippen LogP contribution >= 0.6 is 15.9 Å². The quantitative estimate of drug-likeness (QED) is 0.635. The van der Waals surface area contributed by atoms with Crippen LogP contribution in [0, 0.1) is 0 Å². The lowest BCUT2D eigenvalue weighted by Gasteiger charge is -2.09. The van der Waals surface area contributed by atoms with Crippen LogP contribution in [0.2, 0.25) is 0 Å². The SMILES string of the molecule is COC(=O)c1cc(OC)c(Br)nc1C(F)F. The molecular formula is C9H8BrF2NO3. The lowest BCUT2D eigenvalue weighted by atomic mass is 10.2. The van der Waals surface area contributed by atoms with Crippen molar-refractivity contribution in [2.45, 2.75) is 6.43 Å². The number of esters is 1. The van der Waals surface area contributed by atoms with E-state index in [9.17, 15) is 13.6 Å². The van der Waals surface area contributed by atoms with Gasteiger partial charge in [-0.3, -0.25) is 0 Å². The van der Waals surface area contributed by atoms with E-state index in [1.54, 1.807) is 0 Å². The average Bonchev–Trinajstić information content (AvgIpc) is 2.27. The number of hydrogen-bond acceptors (Lipinski definition) is 4. The maximum atomic E-state index is 12.6. The Morgan fingerprint density at radius 2 is 2.12 bits per heavy atom. The smallest absolute Gasteiger partial charge is 0.340 e. The zero-order chi connectivity index (χ0) is 12.3. The van der Waals surface area contributed by atoms with Crippen LogP contribution in [0.4, 0.5) is 8.78 Å². The number of pyridine rings is 1. The Hall–Kier alpha value is -1.24. The summed E-state index contributed by atoms with van der Waals surface area (Å²) in [5, 5.41) is 0. The summed E-state index contributed by atoms with van der Waals surface area (Å²) in [5.74, 6) is -0.696. The van der Waals surface area contributed by atoms with Crippen molar-refractivity contribution in [2.24, 2.45) is 0 Å². The molecule has 16 heavy (non-hydrogen) atoms. The Kier molecular flexibility index (Phi) is 4.17. The third-order valence-electron chi connectivity index (χ3n) is 1.81. The van der Waals surface area contributed by atoms with Crippen molar-refractivity contribution in [1.82, 2.24) is 4.98 Å². The summed E-state index contributed by atoms with van der Waals surface area (Å²) in [6.07, 6.45) is -2.86. The molecule has 1 rings (SSSR count). The maximum absolute atomic E-state index is 12.6. The van der Waals surface area contributed by atoms with Crippen LogP contribution in [-0.2, 0) is 4.74 Å². The number of rotatable bonds is 3. The molecule has 0 aliphatic rings. The van der Waals surface area contributed by atoms with E-state index in [1.807, 2.05) is 0 Å². The topological polar surface area (TPSA) is 48.4 Å². The minimum Gasteiger partial charge on any atom is -0.494 e. The molecule has 0 spiro atoms. The molecule has 7 heteroatoms. The van der Waals surface area contributed by atoms with Crippen molar-refractivity contribution in [2.75, 3.05) is 14.2 Å². The molecule has 0 radical (unpaired) electrons. The molecule has 1 aromatic rings. The highest BCUT2D eigenvalue weighted by molar-refractivity contribution is 9.10. The van der Waals surface area contributed by atoms with Crippen LogP contribution in [0.3, 0.4) is 0 Å². The van der Waals surface area contributed by atoms with E-state index < -0.39 is 18.1 Å². The van der Waals surface area contributed by atoms with E-state index >= 15 is 0 Å². The zero-order valence-electron chi connectivity index (χ0n) is 8.46. The number of nitrogens with zero attached hydrogens (tertiary/aromatic N) is 1. The van der Waals surface area contributed by atoms with Gasteiger partial charge in [0.05, 0.1) is 19.8 Å². The van der Waals surface area contributed by atoms with Crippen molar-refractivity contribution < 1.29 is 23.0 Å². The summed E-state index contributed by atoms with van der Waals surface area (Å²) in [6.45, 7) is 0. The standard InChI is InChI=1S/C9H8BrF2NO3/c1-15-5-3-4(9(14)16-2)6(8(11)12)13-7(5)10/h3,8H,1-2H3. The fourth-order valence-electron chi connectivity index (χ4n) is 1.07. The van der Waals surface area contributed by atoms with Gasteiger partial charge >= 0.3 is 5.97 Å². The molecule has 0 saturated carbocycles. The number of carbonyl (C=O) groups is 1. The lowest BCUT2D eigenvalue weighted by Crippen LogP contribution is -2.09. The van der Waals surface area contributed by atoms with Crippen LogP contribution in [0.25, 0.3) is 0 Å². The Bertz CT molecular complexity index is 412. The predicted molar refractivity (Wildman–Crippen MR) is 54.8 cm³/mol. The molecule has 0 fully saturated rings. The Labute approximate surface area is 98.7 Å². The van der Waals surface area contributed by atoms with Gasteiger partial charge in [-0.15, -0.1) is 0 Å². The molecule has 1 aromatic heterocycles. The third-order valence-corrected chi connectivity index (χ3v) is 2.37. The van der Waals surface area contributed by atoms with Gasteiger partial charge in [0.1, 0.15) is 10.3 Å². The molecule has 88 valence electrons. The first kappa shape index (κ1) is 12.8. The molecule has 0 N–H and O–H groups in total. The second-order valence-corrected chi connectivity index (χ2v) is 3.46. The molecule has 1 heterocycles. The van der Waals surface area contributed by atoms with Gasteiger partial charge in [0.25, 0.3) is 6.43 Å². The number of alkyl halides is 2. The van der Waals surface area contributed by atoms with Gasteiger partial charge in [-0.25, -0.2) is 18.6 Å². The van der Waals surface area contributed by atoms with Gasteiger partial charge in [-0.1, -0.05) is 0 Å². The molecule has 0 unspecified atom stereocenters. The number of halogens is 3. The summed E-state index contributed by atoms with van der Waals surface area (Å²) in [7, 11) is 2.44. The van der Waals surface area contributed by atoms with Crippen molar-refractivity contribution in [3.63, 3.8) is 0 Å². The highest BCUT2D eigenvalue weighted by Crippen LogP contribution is 2.30. The number of carbonyl (C=O) groups excluding carboxylic acids is 1. The number of aromatic nitrogens is 1. The molecule has 0 amide bonds. The van der Waals surface area contributed by atoms with Crippen molar-refractivity contribution in [3.05, 3.63) is 21.9 Å². The zero-order valence-corrected chi connectivity index (χ0v) is 10.0. The van der Waals surface area contributed by atoms with Gasteiger partial charge in [0, 0.05) is 0 Å². The number of methoxy groups -OCH3 is 2. The van der Waals surface area contributed by atoms with E-state index in [2.05, 4.69) is 25.7 Å². The van der Waals surface area contributed by atoms with Crippen molar-refractivity contribution >= 4 is 21.9 Å². The van der Waals surface area contributed by atoms with Gasteiger partial charge in [-0.05, 0) is 22.0 Å². The average molecular weight is 296 g/mol. The van der Waals surface area contributed by atoms with E-state index in [1.165, 1.54) is 7.11 Å². The fourth-order valence-corrected chi connectivity index (χ4v) is 1.54. The van der Waals surface area contributed by atoms with Crippen molar-refractivity contribution in [1.29, 1.82) is 0 Å². The van der Waals surface area contributed by atoms with Gasteiger partial charge < -0.3 is 9.47 Å². The predicted octanol–water partition coefficient (Wildman–Crippen LogP) is 2.58. The van der Waals surface area contributed by atoms with Gasteiger partial charge in [0.15, 0.2) is 5.75 Å². The number of ether oxygens (including phenoxy) is 2. The van der Waals surface area contributed by atoms with Crippen LogP contribution in [0.15, 0.2) is 10.7 Å². The first-order chi connectivity index (χ1) is 7.51. The van der Waals surface area contributed by atoms with E-state index in [-0.39, 0.29) is 15.9 Å². The van der Waals surface area contributed by atoms with Crippen LogP contribution in [0.1, 0.15) is 22.5 Å². The summed E-state index contributed by atoms with van der Waals surface area (Å²) in [4.78, 5) is 14.8. The summed E-state index contributed by atoms with van der Waals surface area (Å²) in [5.41, 5.74) is -0.947. The molecule has 0 aliphatic heterocycles. The summed E-state index contributed by atoms with van der Waals surface area (Å²) < 4.78 is 34.6. The molecule has 0 bridgehead atoms. The Balaban J connectivity index is 3.36. The second kappa shape index (κ2) is 5.20. The van der Waals surface area contributed by atoms with E-state index in [0.717, 1.165) is 13.2 Å². The minimum absolute atomic E-state index is 0.109. The number of hydrogen-bond donors (Lipinski definition) is 0. The van der Waals surface area contributed by atoms with Gasteiger partial charge in [0.2, 0.25) is 0 Å². The normalized spacial score (nSPS) is 10.4. The highest BCUT2D eigenvalue weighted by atomic mass is 79.9. The van der Waals surface area contributed by atoms with Crippen LogP contribution in [-0.4, -0.2) is 25.2 Å². The molecule has 0 aromatic carbocycles. The van der Waals surface area contributed by atoms with E-state index in [0.29, 0.717) is 0 Å². The third kappa shape index (κ3) is 2.46. The molecular weight excluding hydrogens is 288 g/mol. The maximum Gasteiger partial charge on any atom is 0.340 e. The van der Waals surface area contributed by atoms with Crippen LogP contribution < -0.4 is 4.74 Å². The second-order valence-electron chi connectivity index (χ2n) is 2.71. The van der Waals surface area contributed by atoms with E-state index in [4.69, 9.17) is 4.74 Å². The first-order valence-corrected chi connectivity index (χ1v) is 4.91. The largest absolute Gasteiger partial charge is 0.494 e. The fraction of sp³-hybridized carbons (Fsp3) is 0.333. The summed E-state index contributed by atoms with van der Waals surface area (Å²) >= 11 is 2.96. The van der Waals surface area contributed by atoms with Gasteiger partial charge in [-0.2, -0.15) is 0 Å². The lowest BCUT2D eigenvalue weighted by molar-refractivity contribution is 0.0586. The summed E-state index contributed by atoms with van der Waals surface area (Å²) in [6, 6.07) is 1.16. The monoisotopic (exact) mass is 295 g/mol. The molecule has 4 nitrogen and oxygen atoms in total.